The van der Waals surface area contributed by atoms with E-state index in [1.165, 1.54) is 0 Å². The zero-order valence-corrected chi connectivity index (χ0v) is 8.98. The third-order valence-corrected chi connectivity index (χ3v) is 2.45. The normalized spacial score (nSPS) is 10.8. The molecule has 0 radical (unpaired) electrons. The Morgan fingerprint density at radius 1 is 1.24 bits per heavy atom. The van der Waals surface area contributed by atoms with Crippen molar-refractivity contribution >= 4 is 17.1 Å². The van der Waals surface area contributed by atoms with Crippen molar-refractivity contribution in [3.63, 3.8) is 0 Å². The standard InChI is InChI=1S/C11H10N6/c12-11-14-5-9-10(16-11)17(7-15-9)6-8-2-1-3-13-4-8/h1-5,7H,6H2,(H2,12,14,16). The molecule has 3 aromatic heterocycles. The maximum Gasteiger partial charge on any atom is 0.222 e. The Morgan fingerprint density at radius 3 is 3.00 bits per heavy atom. The van der Waals surface area contributed by atoms with Gasteiger partial charge in [0.05, 0.1) is 19.1 Å². The van der Waals surface area contributed by atoms with Crippen LogP contribution in [-0.4, -0.2) is 24.5 Å². The average molecular weight is 226 g/mol. The molecule has 0 aliphatic rings. The summed E-state index contributed by atoms with van der Waals surface area (Å²) in [5.74, 6) is 0.255. The van der Waals surface area contributed by atoms with Crippen LogP contribution in [0.2, 0.25) is 0 Å². The van der Waals surface area contributed by atoms with Gasteiger partial charge in [-0.3, -0.25) is 4.98 Å². The summed E-state index contributed by atoms with van der Waals surface area (Å²) in [5, 5.41) is 0. The monoisotopic (exact) mass is 226 g/mol. The third-order valence-electron chi connectivity index (χ3n) is 2.45. The van der Waals surface area contributed by atoms with Gasteiger partial charge in [0.1, 0.15) is 5.52 Å². The van der Waals surface area contributed by atoms with Crippen LogP contribution in [0.5, 0.6) is 0 Å². The fourth-order valence-corrected chi connectivity index (χ4v) is 1.67. The molecular weight excluding hydrogens is 216 g/mol. The molecule has 0 atom stereocenters. The first-order valence-corrected chi connectivity index (χ1v) is 5.15. The highest BCUT2D eigenvalue weighted by molar-refractivity contribution is 5.70. The smallest absolute Gasteiger partial charge is 0.222 e. The van der Waals surface area contributed by atoms with Crippen molar-refractivity contribution in [2.75, 3.05) is 5.73 Å². The maximum absolute atomic E-state index is 5.57. The highest BCUT2D eigenvalue weighted by Gasteiger charge is 2.05. The Labute approximate surface area is 97.2 Å². The number of aromatic nitrogens is 5. The van der Waals surface area contributed by atoms with Gasteiger partial charge in [0.25, 0.3) is 0 Å². The van der Waals surface area contributed by atoms with E-state index >= 15 is 0 Å². The number of nitrogens with zero attached hydrogens (tertiary/aromatic N) is 5. The Hall–Kier alpha value is -2.50. The molecule has 0 aliphatic carbocycles. The van der Waals surface area contributed by atoms with E-state index in [2.05, 4.69) is 19.9 Å². The van der Waals surface area contributed by atoms with E-state index in [1.54, 1.807) is 18.7 Å². The number of nitrogens with two attached hydrogens (primary N) is 1. The predicted octanol–water partition coefficient (Wildman–Crippen LogP) is 0.852. The van der Waals surface area contributed by atoms with Crippen LogP contribution in [0.4, 0.5) is 5.95 Å². The first-order chi connectivity index (χ1) is 8.33. The largest absolute Gasteiger partial charge is 0.368 e. The predicted molar refractivity (Wildman–Crippen MR) is 63.1 cm³/mol. The summed E-state index contributed by atoms with van der Waals surface area (Å²) < 4.78 is 1.92. The average Bonchev–Trinajstić information content (AvgIpc) is 2.73. The van der Waals surface area contributed by atoms with Crippen molar-refractivity contribution < 1.29 is 0 Å². The van der Waals surface area contributed by atoms with Crippen LogP contribution >= 0.6 is 0 Å². The van der Waals surface area contributed by atoms with Gasteiger partial charge in [-0.25, -0.2) is 9.97 Å². The Balaban J connectivity index is 2.03. The van der Waals surface area contributed by atoms with Crippen molar-refractivity contribution in [1.29, 1.82) is 0 Å². The molecule has 3 heterocycles. The molecular formula is C11H10N6. The van der Waals surface area contributed by atoms with Gasteiger partial charge in [0, 0.05) is 12.4 Å². The van der Waals surface area contributed by atoms with Gasteiger partial charge in [-0.1, -0.05) is 6.07 Å². The molecule has 0 unspecified atom stereocenters. The van der Waals surface area contributed by atoms with Crippen LogP contribution in [0.1, 0.15) is 5.56 Å². The minimum atomic E-state index is 0.255. The van der Waals surface area contributed by atoms with Gasteiger partial charge in [0.15, 0.2) is 5.65 Å². The summed E-state index contributed by atoms with van der Waals surface area (Å²) in [6.07, 6.45) is 6.91. The molecule has 0 saturated carbocycles. The van der Waals surface area contributed by atoms with Crippen molar-refractivity contribution in [2.45, 2.75) is 6.54 Å². The van der Waals surface area contributed by atoms with Crippen LogP contribution in [0.15, 0.2) is 37.1 Å². The number of anilines is 1. The highest BCUT2D eigenvalue weighted by atomic mass is 15.1. The lowest BCUT2D eigenvalue weighted by Crippen LogP contribution is -2.01. The molecule has 0 amide bonds. The van der Waals surface area contributed by atoms with E-state index in [4.69, 9.17) is 5.73 Å². The summed E-state index contributed by atoms with van der Waals surface area (Å²) in [4.78, 5) is 16.4. The quantitative estimate of drug-likeness (QED) is 0.700. The maximum atomic E-state index is 5.57. The Morgan fingerprint density at radius 2 is 2.18 bits per heavy atom. The molecule has 0 spiro atoms. The van der Waals surface area contributed by atoms with Crippen LogP contribution in [-0.2, 0) is 6.54 Å². The number of hydrogen-bond acceptors (Lipinski definition) is 5. The summed E-state index contributed by atoms with van der Waals surface area (Å²) >= 11 is 0. The molecule has 0 aromatic carbocycles. The molecule has 0 fully saturated rings. The number of imidazole rings is 1. The number of nitrogen functional groups attached to an aromatic ring is 1. The molecule has 0 bridgehead atoms. The zero-order chi connectivity index (χ0) is 11.7. The van der Waals surface area contributed by atoms with Crippen molar-refractivity contribution in [2.24, 2.45) is 0 Å². The zero-order valence-electron chi connectivity index (χ0n) is 8.98. The van der Waals surface area contributed by atoms with E-state index in [-0.39, 0.29) is 5.95 Å². The van der Waals surface area contributed by atoms with Gasteiger partial charge in [0.2, 0.25) is 5.95 Å². The van der Waals surface area contributed by atoms with Gasteiger partial charge < -0.3 is 10.3 Å². The van der Waals surface area contributed by atoms with Gasteiger partial charge >= 0.3 is 0 Å². The van der Waals surface area contributed by atoms with E-state index in [0.29, 0.717) is 6.54 Å². The van der Waals surface area contributed by atoms with E-state index in [1.807, 2.05) is 22.9 Å². The summed E-state index contributed by atoms with van der Waals surface area (Å²) in [6, 6.07) is 3.90. The van der Waals surface area contributed by atoms with Gasteiger partial charge in [-0.2, -0.15) is 4.98 Å². The lowest BCUT2D eigenvalue weighted by molar-refractivity contribution is 0.809. The molecule has 6 nitrogen and oxygen atoms in total. The number of rotatable bonds is 2. The summed E-state index contributed by atoms with van der Waals surface area (Å²) in [6.45, 7) is 0.667. The second-order valence-corrected chi connectivity index (χ2v) is 3.67. The summed E-state index contributed by atoms with van der Waals surface area (Å²) in [7, 11) is 0. The Bertz CT molecular complexity index is 645. The topological polar surface area (TPSA) is 82.5 Å². The molecule has 0 saturated heterocycles. The molecule has 84 valence electrons. The number of fused-ring (bicyclic) bond motifs is 1. The van der Waals surface area contributed by atoms with Crippen LogP contribution < -0.4 is 5.73 Å². The third kappa shape index (κ3) is 1.80. The van der Waals surface area contributed by atoms with Gasteiger partial charge in [-0.15, -0.1) is 0 Å². The first-order valence-electron chi connectivity index (χ1n) is 5.15. The van der Waals surface area contributed by atoms with Crippen molar-refractivity contribution in [1.82, 2.24) is 24.5 Å². The Kier molecular flexibility index (Phi) is 2.18. The van der Waals surface area contributed by atoms with E-state index in [0.717, 1.165) is 16.7 Å². The van der Waals surface area contributed by atoms with E-state index < -0.39 is 0 Å². The van der Waals surface area contributed by atoms with Crippen molar-refractivity contribution in [3.8, 4) is 0 Å². The van der Waals surface area contributed by atoms with Crippen LogP contribution in [0.25, 0.3) is 11.2 Å². The molecule has 6 heteroatoms. The fourth-order valence-electron chi connectivity index (χ4n) is 1.67. The van der Waals surface area contributed by atoms with Gasteiger partial charge in [-0.05, 0) is 11.6 Å². The van der Waals surface area contributed by atoms with Crippen LogP contribution in [0.3, 0.4) is 0 Å². The first kappa shape index (κ1) is 9.71. The molecule has 2 N–H and O–H groups in total. The molecule has 3 aromatic rings. The summed E-state index contributed by atoms with van der Waals surface area (Å²) in [5.41, 5.74) is 8.13. The number of pyridine rings is 1. The second kappa shape index (κ2) is 3.82. The molecule has 17 heavy (non-hydrogen) atoms. The minimum Gasteiger partial charge on any atom is -0.368 e. The van der Waals surface area contributed by atoms with Crippen LogP contribution in [0, 0.1) is 0 Å². The van der Waals surface area contributed by atoms with Crippen molar-refractivity contribution in [3.05, 3.63) is 42.6 Å². The van der Waals surface area contributed by atoms with E-state index in [9.17, 15) is 0 Å². The fraction of sp³-hybridized carbons (Fsp3) is 0.0909. The SMILES string of the molecule is Nc1ncc2ncn(Cc3cccnc3)c2n1. The molecule has 0 aliphatic heterocycles. The lowest BCUT2D eigenvalue weighted by Gasteiger charge is -2.03. The lowest BCUT2D eigenvalue weighted by atomic mass is 10.3. The molecule has 3 rings (SSSR count). The minimum absolute atomic E-state index is 0.255. The number of hydrogen-bond donors (Lipinski definition) is 1. The second-order valence-electron chi connectivity index (χ2n) is 3.67. The highest BCUT2D eigenvalue weighted by Crippen LogP contribution is 2.11.